The highest BCUT2D eigenvalue weighted by atomic mass is 16.5. The molecule has 0 N–H and O–H groups in total. The van der Waals surface area contributed by atoms with Crippen LogP contribution in [0.4, 0.5) is 0 Å². The lowest BCUT2D eigenvalue weighted by Gasteiger charge is -2.31. The molecule has 2 fully saturated rings. The van der Waals surface area contributed by atoms with Crippen LogP contribution in [0.2, 0.25) is 0 Å². The minimum atomic E-state index is -0.00787. The van der Waals surface area contributed by atoms with Crippen molar-refractivity contribution in [2.75, 3.05) is 19.7 Å². The fourth-order valence-electron chi connectivity index (χ4n) is 4.00. The Hall–Kier alpha value is -2.57. The summed E-state index contributed by atoms with van der Waals surface area (Å²) in [4.78, 5) is 27.0. The molecule has 7 nitrogen and oxygen atoms in total. The molecule has 0 unspecified atom stereocenters. The number of aryl methyl sites for hydroxylation is 1. The van der Waals surface area contributed by atoms with Gasteiger partial charge in [-0.05, 0) is 50.3 Å². The first kappa shape index (κ1) is 18.8. The Kier molecular flexibility index (Phi) is 5.24. The van der Waals surface area contributed by atoms with Gasteiger partial charge >= 0.3 is 5.69 Å². The summed E-state index contributed by atoms with van der Waals surface area (Å²) in [5.41, 5.74) is 0.995. The zero-order valence-corrected chi connectivity index (χ0v) is 16.6. The molecule has 0 atom stereocenters. The molecule has 1 aromatic carbocycles. The van der Waals surface area contributed by atoms with Crippen molar-refractivity contribution in [3.05, 3.63) is 46.1 Å². The molecule has 4 rings (SSSR count). The van der Waals surface area contributed by atoms with Crippen molar-refractivity contribution in [3.63, 3.8) is 0 Å². The third-order valence-electron chi connectivity index (χ3n) is 5.70. The summed E-state index contributed by atoms with van der Waals surface area (Å²) in [6.07, 6.45) is 4.26. The van der Waals surface area contributed by atoms with Gasteiger partial charge in [-0.25, -0.2) is 9.48 Å². The first-order valence-electron chi connectivity index (χ1n) is 10.2. The number of nitrogens with zero attached hydrogens (tertiary/aromatic N) is 4. The number of hydrogen-bond donors (Lipinski definition) is 0. The van der Waals surface area contributed by atoms with E-state index in [0.29, 0.717) is 19.1 Å². The summed E-state index contributed by atoms with van der Waals surface area (Å²) in [7, 11) is 1.72. The van der Waals surface area contributed by atoms with Crippen LogP contribution < -0.4 is 10.4 Å². The number of likely N-dealkylation sites (tertiary alicyclic amines) is 1. The molecule has 1 amide bonds. The first-order chi connectivity index (χ1) is 13.6. The number of piperidine rings is 1. The number of rotatable bonds is 6. The van der Waals surface area contributed by atoms with Crippen LogP contribution in [0.5, 0.6) is 5.75 Å². The van der Waals surface area contributed by atoms with Crippen LogP contribution in [0.3, 0.4) is 0 Å². The van der Waals surface area contributed by atoms with Crippen molar-refractivity contribution in [1.29, 1.82) is 0 Å². The predicted octanol–water partition coefficient (Wildman–Crippen LogP) is 2.26. The van der Waals surface area contributed by atoms with E-state index in [0.717, 1.165) is 55.9 Å². The van der Waals surface area contributed by atoms with Gasteiger partial charge in [-0.1, -0.05) is 12.1 Å². The second-order valence-corrected chi connectivity index (χ2v) is 7.77. The van der Waals surface area contributed by atoms with Crippen LogP contribution >= 0.6 is 0 Å². The lowest BCUT2D eigenvalue weighted by molar-refractivity contribution is -0.131. The second-order valence-electron chi connectivity index (χ2n) is 7.77. The minimum Gasteiger partial charge on any atom is -0.494 e. The molecule has 1 saturated carbocycles. The molecule has 2 aliphatic rings. The predicted molar refractivity (Wildman–Crippen MR) is 106 cm³/mol. The fraction of sp³-hybridized carbons (Fsp3) is 0.571. The zero-order valence-electron chi connectivity index (χ0n) is 16.6. The van der Waals surface area contributed by atoms with Gasteiger partial charge in [0, 0.05) is 32.1 Å². The Morgan fingerprint density at radius 1 is 1.14 bits per heavy atom. The molecule has 0 radical (unpaired) electrons. The van der Waals surface area contributed by atoms with E-state index in [1.807, 2.05) is 40.7 Å². The molecule has 1 aliphatic carbocycles. The van der Waals surface area contributed by atoms with Crippen LogP contribution in [0.25, 0.3) is 0 Å². The summed E-state index contributed by atoms with van der Waals surface area (Å²) < 4.78 is 8.80. The molecule has 7 heteroatoms. The van der Waals surface area contributed by atoms with Crippen molar-refractivity contribution in [2.45, 2.75) is 51.0 Å². The monoisotopic (exact) mass is 384 g/mol. The Bertz CT molecular complexity index is 887. The molecular formula is C21H28N4O3. The van der Waals surface area contributed by atoms with Crippen LogP contribution in [-0.2, 0) is 18.3 Å². The van der Waals surface area contributed by atoms with Crippen LogP contribution in [0.1, 0.15) is 56.0 Å². The second kappa shape index (κ2) is 7.81. The number of amides is 1. The van der Waals surface area contributed by atoms with Gasteiger partial charge in [-0.15, -0.1) is 0 Å². The number of carbonyl (C=O) groups is 1. The van der Waals surface area contributed by atoms with E-state index < -0.39 is 0 Å². The van der Waals surface area contributed by atoms with Crippen LogP contribution in [0, 0.1) is 0 Å². The van der Waals surface area contributed by atoms with Crippen LogP contribution in [-0.4, -0.2) is 44.9 Å². The molecule has 0 spiro atoms. The lowest BCUT2D eigenvalue weighted by atomic mass is 9.95. The highest BCUT2D eigenvalue weighted by Crippen LogP contribution is 2.37. The maximum absolute atomic E-state index is 12.7. The Balaban J connectivity index is 1.36. The van der Waals surface area contributed by atoms with E-state index in [2.05, 4.69) is 5.10 Å². The summed E-state index contributed by atoms with van der Waals surface area (Å²) in [5.74, 6) is 2.15. The maximum Gasteiger partial charge on any atom is 0.345 e. The molecule has 1 aromatic heterocycles. The van der Waals surface area contributed by atoms with E-state index in [1.54, 1.807) is 7.05 Å². The maximum atomic E-state index is 12.7. The van der Waals surface area contributed by atoms with Gasteiger partial charge in [-0.2, -0.15) is 5.10 Å². The van der Waals surface area contributed by atoms with Gasteiger partial charge in [-0.3, -0.25) is 9.36 Å². The standard InChI is InChI=1S/C21H28N4O3/c1-3-28-18-8-4-15(5-9-18)14-19(26)24-12-10-16(11-13-24)20-22-23(2)21(27)25(20)17-6-7-17/h4-5,8-9,16-17H,3,6-7,10-14H2,1-2H3. The Morgan fingerprint density at radius 2 is 1.82 bits per heavy atom. The van der Waals surface area contributed by atoms with Gasteiger partial charge in [0.2, 0.25) is 5.91 Å². The Labute approximate surface area is 164 Å². The SMILES string of the molecule is CCOc1ccc(CC(=O)N2CCC(c3nn(C)c(=O)n3C3CC3)CC2)cc1. The summed E-state index contributed by atoms with van der Waals surface area (Å²) in [6.45, 7) is 4.03. The molecule has 150 valence electrons. The molecule has 1 aliphatic heterocycles. The molecule has 2 aromatic rings. The quantitative estimate of drug-likeness (QED) is 0.766. The van der Waals surface area contributed by atoms with Gasteiger partial charge in [0.1, 0.15) is 11.6 Å². The summed E-state index contributed by atoms with van der Waals surface area (Å²) in [6, 6.07) is 8.07. The van der Waals surface area contributed by atoms with Crippen molar-refractivity contribution in [3.8, 4) is 5.75 Å². The Morgan fingerprint density at radius 3 is 2.43 bits per heavy atom. The third-order valence-corrected chi connectivity index (χ3v) is 5.70. The van der Waals surface area contributed by atoms with Crippen molar-refractivity contribution in [2.24, 2.45) is 7.05 Å². The van der Waals surface area contributed by atoms with Gasteiger partial charge in [0.25, 0.3) is 0 Å². The molecular weight excluding hydrogens is 356 g/mol. The average molecular weight is 384 g/mol. The molecule has 0 bridgehead atoms. The number of carbonyl (C=O) groups excluding carboxylic acids is 1. The van der Waals surface area contributed by atoms with Gasteiger partial charge < -0.3 is 9.64 Å². The van der Waals surface area contributed by atoms with Crippen molar-refractivity contribution >= 4 is 5.91 Å². The normalized spacial score (nSPS) is 17.7. The molecule has 1 saturated heterocycles. The fourth-order valence-corrected chi connectivity index (χ4v) is 4.00. The number of ether oxygens (including phenoxy) is 1. The highest BCUT2D eigenvalue weighted by Gasteiger charge is 2.34. The molecule has 2 heterocycles. The minimum absolute atomic E-state index is 0.00787. The first-order valence-corrected chi connectivity index (χ1v) is 10.2. The third kappa shape index (κ3) is 3.84. The number of benzene rings is 1. The zero-order chi connectivity index (χ0) is 19.7. The largest absolute Gasteiger partial charge is 0.494 e. The smallest absolute Gasteiger partial charge is 0.345 e. The van der Waals surface area contributed by atoms with E-state index in [9.17, 15) is 9.59 Å². The topological polar surface area (TPSA) is 69.4 Å². The van der Waals surface area contributed by atoms with E-state index in [-0.39, 0.29) is 17.5 Å². The van der Waals surface area contributed by atoms with Crippen molar-refractivity contribution < 1.29 is 9.53 Å². The average Bonchev–Trinajstić information content (AvgIpc) is 3.49. The van der Waals surface area contributed by atoms with Crippen LogP contribution in [0.15, 0.2) is 29.1 Å². The lowest BCUT2D eigenvalue weighted by Crippen LogP contribution is -2.39. The van der Waals surface area contributed by atoms with E-state index in [4.69, 9.17) is 4.74 Å². The molecule has 28 heavy (non-hydrogen) atoms. The van der Waals surface area contributed by atoms with E-state index >= 15 is 0 Å². The number of hydrogen-bond acceptors (Lipinski definition) is 4. The summed E-state index contributed by atoms with van der Waals surface area (Å²) >= 11 is 0. The summed E-state index contributed by atoms with van der Waals surface area (Å²) in [5, 5.41) is 4.51. The van der Waals surface area contributed by atoms with Crippen molar-refractivity contribution in [1.82, 2.24) is 19.2 Å². The van der Waals surface area contributed by atoms with E-state index in [1.165, 1.54) is 4.68 Å². The number of aromatic nitrogens is 3. The van der Waals surface area contributed by atoms with Gasteiger partial charge in [0.15, 0.2) is 0 Å². The highest BCUT2D eigenvalue weighted by molar-refractivity contribution is 5.78. The van der Waals surface area contributed by atoms with Gasteiger partial charge in [0.05, 0.1) is 13.0 Å².